The van der Waals surface area contributed by atoms with Crippen LogP contribution in [0.15, 0.2) is 54.6 Å². The number of thiocarbonyl (C=S) groups is 1. The van der Waals surface area contributed by atoms with Crippen LogP contribution in [0.4, 0.5) is 11.4 Å². The minimum Gasteiger partial charge on any atom is -0.346 e. The first-order chi connectivity index (χ1) is 12.1. The summed E-state index contributed by atoms with van der Waals surface area (Å²) in [6.07, 6.45) is 4.45. The van der Waals surface area contributed by atoms with Crippen molar-refractivity contribution in [2.75, 3.05) is 11.9 Å². The van der Waals surface area contributed by atoms with Crippen molar-refractivity contribution in [3.05, 3.63) is 70.3 Å². The lowest BCUT2D eigenvalue weighted by Crippen LogP contribution is -2.46. The average Bonchev–Trinajstić information content (AvgIpc) is 2.63. The van der Waals surface area contributed by atoms with Crippen molar-refractivity contribution in [2.24, 2.45) is 0 Å². The monoisotopic (exact) mass is 355 g/mol. The molecule has 25 heavy (non-hydrogen) atoms. The van der Waals surface area contributed by atoms with E-state index in [2.05, 4.69) is 34.5 Å². The first kappa shape index (κ1) is 17.4. The summed E-state index contributed by atoms with van der Waals surface area (Å²) >= 11 is 5.61. The van der Waals surface area contributed by atoms with Gasteiger partial charge in [-0.15, -0.1) is 0 Å². The van der Waals surface area contributed by atoms with Crippen LogP contribution in [0.3, 0.4) is 0 Å². The molecule has 1 saturated heterocycles. The number of nitrogens with zero attached hydrogens (tertiary/aromatic N) is 2. The highest BCUT2D eigenvalue weighted by molar-refractivity contribution is 7.80. The van der Waals surface area contributed by atoms with Gasteiger partial charge in [0.25, 0.3) is 5.69 Å². The maximum absolute atomic E-state index is 10.7. The lowest BCUT2D eigenvalue weighted by atomic mass is 9.96. The van der Waals surface area contributed by atoms with Gasteiger partial charge in [-0.1, -0.05) is 30.3 Å². The molecule has 2 aromatic carbocycles. The van der Waals surface area contributed by atoms with Gasteiger partial charge in [-0.3, -0.25) is 10.1 Å². The summed E-state index contributed by atoms with van der Waals surface area (Å²) in [5.41, 5.74) is 2.17. The van der Waals surface area contributed by atoms with Crippen LogP contribution in [0.25, 0.3) is 0 Å². The van der Waals surface area contributed by atoms with E-state index in [1.54, 1.807) is 12.1 Å². The van der Waals surface area contributed by atoms with Crippen molar-refractivity contribution >= 4 is 28.7 Å². The standard InChI is InChI=1S/C19H21N3O2S/c23-22(24)17-11-9-16(10-12-17)20-19(25)21-13-5-4-8-18(21)14-15-6-2-1-3-7-15/h1-3,6-7,9-12,18H,4-5,8,13-14H2,(H,20,25). The van der Waals surface area contributed by atoms with Crippen LogP contribution in [0.5, 0.6) is 0 Å². The zero-order valence-corrected chi connectivity index (χ0v) is 14.7. The van der Waals surface area contributed by atoms with E-state index in [4.69, 9.17) is 12.2 Å². The van der Waals surface area contributed by atoms with Crippen LogP contribution in [-0.4, -0.2) is 27.5 Å². The van der Waals surface area contributed by atoms with Crippen LogP contribution in [0.2, 0.25) is 0 Å². The first-order valence-electron chi connectivity index (χ1n) is 8.49. The molecule has 1 aliphatic rings. The van der Waals surface area contributed by atoms with Gasteiger partial charge in [0.2, 0.25) is 0 Å². The summed E-state index contributed by atoms with van der Waals surface area (Å²) in [5, 5.41) is 14.7. The van der Waals surface area contributed by atoms with E-state index in [0.717, 1.165) is 31.5 Å². The highest BCUT2D eigenvalue weighted by Crippen LogP contribution is 2.23. The highest BCUT2D eigenvalue weighted by atomic mass is 32.1. The van der Waals surface area contributed by atoms with E-state index in [1.807, 2.05) is 6.07 Å². The van der Waals surface area contributed by atoms with E-state index in [1.165, 1.54) is 24.1 Å². The summed E-state index contributed by atoms with van der Waals surface area (Å²) in [4.78, 5) is 12.6. The van der Waals surface area contributed by atoms with Gasteiger partial charge in [0, 0.05) is 30.4 Å². The summed E-state index contributed by atoms with van der Waals surface area (Å²) < 4.78 is 0. The lowest BCUT2D eigenvalue weighted by Gasteiger charge is -2.38. The Hall–Kier alpha value is -2.47. The Morgan fingerprint density at radius 1 is 1.16 bits per heavy atom. The Kier molecular flexibility index (Phi) is 5.60. The number of likely N-dealkylation sites (tertiary alicyclic amines) is 1. The minimum atomic E-state index is -0.400. The molecule has 0 saturated carbocycles. The van der Waals surface area contributed by atoms with Crippen molar-refractivity contribution in [3.63, 3.8) is 0 Å². The first-order valence-corrected chi connectivity index (χ1v) is 8.90. The number of hydrogen-bond acceptors (Lipinski definition) is 3. The fourth-order valence-electron chi connectivity index (χ4n) is 3.23. The number of nitro benzene ring substituents is 1. The lowest BCUT2D eigenvalue weighted by molar-refractivity contribution is -0.384. The Morgan fingerprint density at radius 2 is 1.88 bits per heavy atom. The zero-order valence-electron chi connectivity index (χ0n) is 13.9. The zero-order chi connectivity index (χ0) is 17.6. The van der Waals surface area contributed by atoms with E-state index < -0.39 is 4.92 Å². The average molecular weight is 355 g/mol. The van der Waals surface area contributed by atoms with Gasteiger partial charge in [-0.2, -0.15) is 0 Å². The molecule has 130 valence electrons. The second-order valence-electron chi connectivity index (χ2n) is 6.27. The number of benzene rings is 2. The minimum absolute atomic E-state index is 0.0800. The summed E-state index contributed by atoms with van der Waals surface area (Å²) in [6, 6.07) is 17.2. The molecule has 0 radical (unpaired) electrons. The summed E-state index contributed by atoms with van der Waals surface area (Å²) in [5.74, 6) is 0. The molecule has 1 heterocycles. The van der Waals surface area contributed by atoms with Gasteiger partial charge in [-0.05, 0) is 55.6 Å². The molecule has 0 bridgehead atoms. The number of piperidine rings is 1. The normalized spacial score (nSPS) is 17.1. The van der Waals surface area contributed by atoms with Gasteiger partial charge in [-0.25, -0.2) is 0 Å². The highest BCUT2D eigenvalue weighted by Gasteiger charge is 2.24. The van der Waals surface area contributed by atoms with Crippen LogP contribution in [-0.2, 0) is 6.42 Å². The van der Waals surface area contributed by atoms with Gasteiger partial charge >= 0.3 is 0 Å². The van der Waals surface area contributed by atoms with Gasteiger partial charge in [0.05, 0.1) is 4.92 Å². The molecule has 0 spiro atoms. The SMILES string of the molecule is O=[N+]([O-])c1ccc(NC(=S)N2CCCCC2Cc2ccccc2)cc1. The Balaban J connectivity index is 1.67. The van der Waals surface area contributed by atoms with Crippen molar-refractivity contribution in [1.29, 1.82) is 0 Å². The second-order valence-corrected chi connectivity index (χ2v) is 6.65. The van der Waals surface area contributed by atoms with Crippen molar-refractivity contribution in [3.8, 4) is 0 Å². The predicted octanol–water partition coefficient (Wildman–Crippen LogP) is 4.39. The molecule has 5 nitrogen and oxygen atoms in total. The molecular formula is C19H21N3O2S. The molecule has 2 aromatic rings. The van der Waals surface area contributed by atoms with Crippen LogP contribution in [0.1, 0.15) is 24.8 Å². The largest absolute Gasteiger partial charge is 0.346 e. The summed E-state index contributed by atoms with van der Waals surface area (Å²) in [7, 11) is 0. The van der Waals surface area contributed by atoms with E-state index in [9.17, 15) is 10.1 Å². The van der Waals surface area contributed by atoms with Crippen molar-refractivity contribution in [2.45, 2.75) is 31.7 Å². The number of hydrogen-bond donors (Lipinski definition) is 1. The van der Waals surface area contributed by atoms with E-state index in [0.29, 0.717) is 11.2 Å². The quantitative estimate of drug-likeness (QED) is 0.501. The van der Waals surface area contributed by atoms with Gasteiger partial charge < -0.3 is 10.2 Å². The number of nitro groups is 1. The molecule has 1 aliphatic heterocycles. The third-order valence-corrected chi connectivity index (χ3v) is 4.87. The summed E-state index contributed by atoms with van der Waals surface area (Å²) in [6.45, 7) is 0.941. The maximum Gasteiger partial charge on any atom is 0.269 e. The van der Waals surface area contributed by atoms with Gasteiger partial charge in [0.15, 0.2) is 5.11 Å². The molecule has 0 aromatic heterocycles. The molecule has 1 atom stereocenters. The topological polar surface area (TPSA) is 58.4 Å². The van der Waals surface area contributed by atoms with E-state index in [-0.39, 0.29) is 5.69 Å². The fourth-order valence-corrected chi connectivity index (χ4v) is 3.59. The third kappa shape index (κ3) is 4.54. The van der Waals surface area contributed by atoms with Crippen LogP contribution in [0, 0.1) is 10.1 Å². The molecule has 0 aliphatic carbocycles. The second kappa shape index (κ2) is 8.07. The predicted molar refractivity (Wildman–Crippen MR) is 104 cm³/mol. The van der Waals surface area contributed by atoms with E-state index >= 15 is 0 Å². The molecule has 1 unspecified atom stereocenters. The fraction of sp³-hybridized carbons (Fsp3) is 0.316. The van der Waals surface area contributed by atoms with Crippen molar-refractivity contribution < 1.29 is 4.92 Å². The third-order valence-electron chi connectivity index (χ3n) is 4.53. The Labute approximate surface area is 152 Å². The number of non-ortho nitro benzene ring substituents is 1. The molecule has 1 fully saturated rings. The number of nitrogens with one attached hydrogen (secondary N) is 1. The number of anilines is 1. The molecular weight excluding hydrogens is 334 g/mol. The van der Waals surface area contributed by atoms with Crippen LogP contribution < -0.4 is 5.32 Å². The molecule has 3 rings (SSSR count). The molecule has 1 N–H and O–H groups in total. The molecule has 6 heteroatoms. The van der Waals surface area contributed by atoms with Crippen molar-refractivity contribution in [1.82, 2.24) is 4.90 Å². The Morgan fingerprint density at radius 3 is 2.56 bits per heavy atom. The molecule has 0 amide bonds. The number of rotatable bonds is 4. The maximum atomic E-state index is 10.7. The Bertz CT molecular complexity index is 734. The van der Waals surface area contributed by atoms with Gasteiger partial charge in [0.1, 0.15) is 0 Å². The van der Waals surface area contributed by atoms with Crippen LogP contribution >= 0.6 is 12.2 Å². The smallest absolute Gasteiger partial charge is 0.269 e.